The van der Waals surface area contributed by atoms with Gasteiger partial charge >= 0.3 is 0 Å². The molecule has 1 aromatic carbocycles. The lowest BCUT2D eigenvalue weighted by atomic mass is 10.1. The van der Waals surface area contributed by atoms with Crippen molar-refractivity contribution in [3.8, 4) is 11.3 Å². The van der Waals surface area contributed by atoms with Crippen molar-refractivity contribution in [2.75, 3.05) is 6.26 Å². The van der Waals surface area contributed by atoms with Gasteiger partial charge in [0.1, 0.15) is 17.0 Å². The fourth-order valence-electron chi connectivity index (χ4n) is 2.58. The highest BCUT2D eigenvalue weighted by Crippen LogP contribution is 2.25. The van der Waals surface area contributed by atoms with Crippen molar-refractivity contribution in [1.29, 1.82) is 0 Å². The minimum atomic E-state index is -3.44. The van der Waals surface area contributed by atoms with Crippen LogP contribution in [0.1, 0.15) is 21.8 Å². The van der Waals surface area contributed by atoms with Gasteiger partial charge in [-0.15, -0.1) is 0 Å². The first kappa shape index (κ1) is 17.8. The summed E-state index contributed by atoms with van der Waals surface area (Å²) in [6, 6.07) is 12.2. The minimum absolute atomic E-state index is 0.0269. The zero-order valence-corrected chi connectivity index (χ0v) is 15.1. The standard InChI is InChI=1S/C18H17N3O4S/c1-12-16(17(21-25-12)13-7-4-3-5-8-13)18(22)20-11-14-15(26(2,23)24)9-6-10-19-14/h3-10H,11H2,1-2H3,(H,20,22). The van der Waals surface area contributed by atoms with Gasteiger partial charge in [0.25, 0.3) is 5.91 Å². The maximum Gasteiger partial charge on any atom is 0.257 e. The summed E-state index contributed by atoms with van der Waals surface area (Å²) in [4.78, 5) is 16.8. The van der Waals surface area contributed by atoms with E-state index in [0.717, 1.165) is 11.8 Å². The summed E-state index contributed by atoms with van der Waals surface area (Å²) in [6.45, 7) is 1.62. The smallest absolute Gasteiger partial charge is 0.257 e. The van der Waals surface area contributed by atoms with Gasteiger partial charge in [-0.3, -0.25) is 9.78 Å². The number of carbonyl (C=O) groups is 1. The average molecular weight is 371 g/mol. The molecule has 0 spiro atoms. The fraction of sp³-hybridized carbons (Fsp3) is 0.167. The number of nitrogens with one attached hydrogen (secondary N) is 1. The molecular formula is C18H17N3O4S. The van der Waals surface area contributed by atoms with Crippen LogP contribution in [0.25, 0.3) is 11.3 Å². The van der Waals surface area contributed by atoms with Crippen molar-refractivity contribution in [1.82, 2.24) is 15.5 Å². The molecule has 134 valence electrons. The van der Waals surface area contributed by atoms with Crippen molar-refractivity contribution in [3.63, 3.8) is 0 Å². The van der Waals surface area contributed by atoms with Crippen LogP contribution in [0.3, 0.4) is 0 Å². The Labute approximate surface area is 151 Å². The van der Waals surface area contributed by atoms with E-state index in [1.165, 1.54) is 12.3 Å². The molecule has 0 bridgehead atoms. The number of benzene rings is 1. The lowest BCUT2D eigenvalue weighted by Gasteiger charge is -2.08. The van der Waals surface area contributed by atoms with E-state index < -0.39 is 15.7 Å². The Kier molecular flexibility index (Phi) is 4.85. The van der Waals surface area contributed by atoms with Crippen LogP contribution in [0.4, 0.5) is 0 Å². The summed E-state index contributed by atoms with van der Waals surface area (Å²) in [7, 11) is -3.44. The Morgan fingerprint density at radius 1 is 1.15 bits per heavy atom. The first-order valence-corrected chi connectivity index (χ1v) is 9.71. The van der Waals surface area contributed by atoms with E-state index in [1.54, 1.807) is 13.0 Å². The fourth-order valence-corrected chi connectivity index (χ4v) is 3.46. The second-order valence-electron chi connectivity index (χ2n) is 5.73. The normalized spacial score (nSPS) is 11.3. The Morgan fingerprint density at radius 3 is 2.58 bits per heavy atom. The molecule has 0 aliphatic heterocycles. The predicted molar refractivity (Wildman–Crippen MR) is 95.2 cm³/mol. The lowest BCUT2D eigenvalue weighted by molar-refractivity contribution is 0.0949. The van der Waals surface area contributed by atoms with Crippen LogP contribution < -0.4 is 5.32 Å². The number of rotatable bonds is 5. The Balaban J connectivity index is 1.86. The molecule has 8 heteroatoms. The van der Waals surface area contributed by atoms with Gasteiger partial charge in [-0.2, -0.15) is 0 Å². The molecule has 3 rings (SSSR count). The number of aryl methyl sites for hydroxylation is 1. The molecule has 0 radical (unpaired) electrons. The van der Waals surface area contributed by atoms with Crippen molar-refractivity contribution in [2.24, 2.45) is 0 Å². The highest BCUT2D eigenvalue weighted by atomic mass is 32.2. The second kappa shape index (κ2) is 7.09. The van der Waals surface area contributed by atoms with E-state index in [2.05, 4.69) is 15.5 Å². The van der Waals surface area contributed by atoms with E-state index >= 15 is 0 Å². The third-order valence-corrected chi connectivity index (χ3v) is 4.97. The zero-order valence-electron chi connectivity index (χ0n) is 14.3. The highest BCUT2D eigenvalue weighted by Gasteiger charge is 2.22. The first-order chi connectivity index (χ1) is 12.4. The molecule has 0 aliphatic carbocycles. The summed E-state index contributed by atoms with van der Waals surface area (Å²) in [6.07, 6.45) is 2.59. The SMILES string of the molecule is Cc1onc(-c2ccccc2)c1C(=O)NCc1ncccc1S(C)(=O)=O. The molecule has 0 saturated carbocycles. The molecule has 2 aromatic heterocycles. The van der Waals surface area contributed by atoms with E-state index in [4.69, 9.17) is 4.52 Å². The number of sulfone groups is 1. The minimum Gasteiger partial charge on any atom is -0.360 e. The topological polar surface area (TPSA) is 102 Å². The van der Waals surface area contributed by atoms with Crippen molar-refractivity contribution >= 4 is 15.7 Å². The monoisotopic (exact) mass is 371 g/mol. The van der Waals surface area contributed by atoms with Crippen LogP contribution in [0.5, 0.6) is 0 Å². The lowest BCUT2D eigenvalue weighted by Crippen LogP contribution is -2.25. The molecule has 1 N–H and O–H groups in total. The molecule has 1 amide bonds. The summed E-state index contributed by atoms with van der Waals surface area (Å²) < 4.78 is 28.9. The molecule has 0 fully saturated rings. The Hall–Kier alpha value is -3.00. The largest absolute Gasteiger partial charge is 0.360 e. The molecule has 0 unspecified atom stereocenters. The third kappa shape index (κ3) is 3.65. The molecule has 3 aromatic rings. The Morgan fingerprint density at radius 2 is 1.88 bits per heavy atom. The van der Waals surface area contributed by atoms with Crippen molar-refractivity contribution in [3.05, 3.63) is 65.7 Å². The van der Waals surface area contributed by atoms with Crippen LogP contribution in [-0.4, -0.2) is 30.7 Å². The number of hydrogen-bond donors (Lipinski definition) is 1. The molecular weight excluding hydrogens is 354 g/mol. The molecule has 0 atom stereocenters. The van der Waals surface area contributed by atoms with Gasteiger partial charge in [0.05, 0.1) is 17.1 Å². The molecule has 7 nitrogen and oxygen atoms in total. The molecule has 0 saturated heterocycles. The summed E-state index contributed by atoms with van der Waals surface area (Å²) in [5.74, 6) is -0.0292. The van der Waals surface area contributed by atoms with Crippen LogP contribution >= 0.6 is 0 Å². The van der Waals surface area contributed by atoms with Crippen LogP contribution in [0.15, 0.2) is 58.1 Å². The van der Waals surface area contributed by atoms with Gasteiger partial charge < -0.3 is 9.84 Å². The Bertz CT molecular complexity index is 1040. The van der Waals surface area contributed by atoms with Gasteiger partial charge in [0, 0.05) is 18.0 Å². The average Bonchev–Trinajstić information content (AvgIpc) is 3.01. The molecule has 0 aliphatic rings. The third-order valence-electron chi connectivity index (χ3n) is 3.80. The predicted octanol–water partition coefficient (Wildman–Crippen LogP) is 2.38. The zero-order chi connectivity index (χ0) is 18.7. The number of amides is 1. The highest BCUT2D eigenvalue weighted by molar-refractivity contribution is 7.90. The van der Waals surface area contributed by atoms with Crippen molar-refractivity contribution < 1.29 is 17.7 Å². The number of hydrogen-bond acceptors (Lipinski definition) is 6. The number of carbonyl (C=O) groups excluding carboxylic acids is 1. The van der Waals surface area contributed by atoms with E-state index in [9.17, 15) is 13.2 Å². The van der Waals surface area contributed by atoms with E-state index in [-0.39, 0.29) is 17.1 Å². The molecule has 26 heavy (non-hydrogen) atoms. The first-order valence-electron chi connectivity index (χ1n) is 7.82. The summed E-state index contributed by atoms with van der Waals surface area (Å²) in [5, 5.41) is 6.67. The van der Waals surface area contributed by atoms with Crippen molar-refractivity contribution in [2.45, 2.75) is 18.4 Å². The van der Waals surface area contributed by atoms with Gasteiger partial charge in [-0.1, -0.05) is 35.5 Å². The summed E-state index contributed by atoms with van der Waals surface area (Å²) in [5.41, 5.74) is 1.78. The van der Waals surface area contributed by atoms with Crippen LogP contribution in [0.2, 0.25) is 0 Å². The van der Waals surface area contributed by atoms with Gasteiger partial charge in [-0.05, 0) is 19.1 Å². The quantitative estimate of drug-likeness (QED) is 0.739. The van der Waals surface area contributed by atoms with Crippen LogP contribution in [0, 0.1) is 6.92 Å². The van der Waals surface area contributed by atoms with E-state index in [0.29, 0.717) is 17.0 Å². The summed E-state index contributed by atoms with van der Waals surface area (Å²) >= 11 is 0. The van der Waals surface area contributed by atoms with Gasteiger partial charge in [-0.25, -0.2) is 8.42 Å². The maximum absolute atomic E-state index is 12.7. The number of pyridine rings is 1. The van der Waals surface area contributed by atoms with Gasteiger partial charge in [0.15, 0.2) is 9.84 Å². The maximum atomic E-state index is 12.7. The van der Waals surface area contributed by atoms with Gasteiger partial charge in [0.2, 0.25) is 0 Å². The van der Waals surface area contributed by atoms with E-state index in [1.807, 2.05) is 30.3 Å². The second-order valence-corrected chi connectivity index (χ2v) is 7.72. The van der Waals surface area contributed by atoms with Crippen LogP contribution in [-0.2, 0) is 16.4 Å². The number of aromatic nitrogens is 2. The number of nitrogens with zero attached hydrogens (tertiary/aromatic N) is 2. The molecule has 2 heterocycles.